The fourth-order valence-corrected chi connectivity index (χ4v) is 4.05. The molecule has 3 aromatic rings. The number of thiophene rings is 1. The Morgan fingerprint density at radius 2 is 2.00 bits per heavy atom. The smallest absolute Gasteiger partial charge is 0.232 e. The van der Waals surface area contributed by atoms with Crippen LogP contribution in [0.1, 0.15) is 24.1 Å². The third-order valence-corrected chi connectivity index (χ3v) is 5.36. The minimum absolute atomic E-state index is 0.180. The predicted octanol–water partition coefficient (Wildman–Crippen LogP) is 3.15. The molecule has 4 rings (SSSR count). The van der Waals surface area contributed by atoms with Crippen LogP contribution in [0.2, 0.25) is 0 Å². The Labute approximate surface area is 144 Å². The van der Waals surface area contributed by atoms with Crippen molar-refractivity contribution >= 4 is 27.4 Å². The number of ether oxygens (including phenoxy) is 1. The van der Waals surface area contributed by atoms with Crippen LogP contribution in [0.15, 0.2) is 24.1 Å². The van der Waals surface area contributed by atoms with E-state index >= 15 is 0 Å². The molecular weight excluding hydrogens is 322 g/mol. The molecule has 0 N–H and O–H groups in total. The summed E-state index contributed by atoms with van der Waals surface area (Å²) in [5, 5.41) is 2.15. The van der Waals surface area contributed by atoms with Gasteiger partial charge < -0.3 is 9.64 Å². The first kappa shape index (κ1) is 15.3. The largest absolute Gasteiger partial charge is 0.473 e. The van der Waals surface area contributed by atoms with Crippen LogP contribution in [0.4, 0.5) is 5.82 Å². The van der Waals surface area contributed by atoms with Crippen molar-refractivity contribution in [2.75, 3.05) is 18.0 Å². The highest BCUT2D eigenvalue weighted by atomic mass is 32.1. The zero-order chi connectivity index (χ0) is 16.5. The van der Waals surface area contributed by atoms with E-state index in [1.165, 1.54) is 10.3 Å². The van der Waals surface area contributed by atoms with Gasteiger partial charge in [0.1, 0.15) is 18.2 Å². The number of nitrogens with zero attached hydrogens (tertiary/aromatic N) is 5. The average Bonchev–Trinajstić information content (AvgIpc) is 2.97. The number of piperidine rings is 1. The molecule has 1 aliphatic rings. The molecular formula is C17H19N5OS. The van der Waals surface area contributed by atoms with Gasteiger partial charge in [0.15, 0.2) is 0 Å². The van der Waals surface area contributed by atoms with Crippen molar-refractivity contribution < 1.29 is 4.74 Å². The predicted molar refractivity (Wildman–Crippen MR) is 94.8 cm³/mol. The van der Waals surface area contributed by atoms with Crippen molar-refractivity contribution in [3.05, 3.63) is 35.4 Å². The molecule has 0 amide bonds. The number of anilines is 1. The van der Waals surface area contributed by atoms with Gasteiger partial charge in [0.2, 0.25) is 5.88 Å². The van der Waals surface area contributed by atoms with Gasteiger partial charge in [0, 0.05) is 32.1 Å². The Morgan fingerprint density at radius 3 is 2.79 bits per heavy atom. The van der Waals surface area contributed by atoms with Gasteiger partial charge in [-0.1, -0.05) is 0 Å². The number of rotatable bonds is 3. The fraction of sp³-hybridized carbons (Fsp3) is 0.412. The highest BCUT2D eigenvalue weighted by molar-refractivity contribution is 7.18. The zero-order valence-corrected chi connectivity index (χ0v) is 14.6. The number of aryl methyl sites for hydroxylation is 2. The van der Waals surface area contributed by atoms with Crippen LogP contribution in [0.3, 0.4) is 0 Å². The van der Waals surface area contributed by atoms with Gasteiger partial charge in [-0.05, 0) is 24.8 Å². The van der Waals surface area contributed by atoms with Crippen molar-refractivity contribution in [1.82, 2.24) is 19.9 Å². The van der Waals surface area contributed by atoms with Crippen LogP contribution >= 0.6 is 11.3 Å². The molecule has 1 fully saturated rings. The minimum atomic E-state index is 0.180. The Kier molecular flexibility index (Phi) is 4.02. The number of hydrogen-bond donors (Lipinski definition) is 0. The lowest BCUT2D eigenvalue weighted by atomic mass is 10.1. The maximum atomic E-state index is 5.98. The molecule has 0 aromatic carbocycles. The quantitative estimate of drug-likeness (QED) is 0.729. The maximum absolute atomic E-state index is 5.98. The lowest BCUT2D eigenvalue weighted by molar-refractivity contribution is 0.163. The molecule has 0 radical (unpaired) electrons. The first-order chi connectivity index (χ1) is 11.7. The zero-order valence-electron chi connectivity index (χ0n) is 13.8. The molecule has 1 saturated heterocycles. The third-order valence-electron chi connectivity index (χ3n) is 4.27. The normalized spacial score (nSPS) is 15.8. The number of fused-ring (bicyclic) bond motifs is 1. The summed E-state index contributed by atoms with van der Waals surface area (Å²) in [4.78, 5) is 19.8. The molecule has 0 spiro atoms. The van der Waals surface area contributed by atoms with E-state index in [1.807, 2.05) is 6.92 Å². The number of hydrogen-bond acceptors (Lipinski definition) is 7. The third kappa shape index (κ3) is 2.91. The highest BCUT2D eigenvalue weighted by Gasteiger charge is 2.24. The van der Waals surface area contributed by atoms with Crippen LogP contribution in [0.25, 0.3) is 10.2 Å². The minimum Gasteiger partial charge on any atom is -0.473 e. The lowest BCUT2D eigenvalue weighted by Crippen LogP contribution is -2.38. The number of aromatic nitrogens is 4. The van der Waals surface area contributed by atoms with E-state index in [-0.39, 0.29) is 6.10 Å². The molecule has 0 saturated carbocycles. The Hall–Kier alpha value is -2.28. The molecule has 7 heteroatoms. The molecule has 6 nitrogen and oxygen atoms in total. The summed E-state index contributed by atoms with van der Waals surface area (Å²) >= 11 is 1.72. The second-order valence-corrected chi connectivity index (χ2v) is 6.98. The van der Waals surface area contributed by atoms with Crippen molar-refractivity contribution in [3.8, 4) is 5.88 Å². The van der Waals surface area contributed by atoms with Gasteiger partial charge in [0.05, 0.1) is 22.1 Å². The second kappa shape index (κ2) is 6.32. The fourth-order valence-electron chi connectivity index (χ4n) is 3.04. The van der Waals surface area contributed by atoms with Crippen molar-refractivity contribution in [2.45, 2.75) is 32.8 Å². The van der Waals surface area contributed by atoms with Gasteiger partial charge in [0.25, 0.3) is 0 Å². The lowest BCUT2D eigenvalue weighted by Gasteiger charge is -2.32. The molecule has 0 aliphatic carbocycles. The second-order valence-electron chi connectivity index (χ2n) is 6.10. The molecule has 0 unspecified atom stereocenters. The van der Waals surface area contributed by atoms with Crippen LogP contribution in [0.5, 0.6) is 5.88 Å². The summed E-state index contributed by atoms with van der Waals surface area (Å²) in [6.45, 7) is 5.87. The summed E-state index contributed by atoms with van der Waals surface area (Å²) in [5.41, 5.74) is 3.16. The Morgan fingerprint density at radius 1 is 1.17 bits per heavy atom. The molecule has 0 atom stereocenters. The van der Waals surface area contributed by atoms with E-state index in [1.54, 1.807) is 30.1 Å². The Balaban J connectivity index is 1.46. The molecule has 0 bridgehead atoms. The van der Waals surface area contributed by atoms with Crippen LogP contribution in [0, 0.1) is 13.8 Å². The van der Waals surface area contributed by atoms with Gasteiger partial charge >= 0.3 is 0 Å². The summed E-state index contributed by atoms with van der Waals surface area (Å²) in [6.07, 6.45) is 7.17. The van der Waals surface area contributed by atoms with Gasteiger partial charge in [-0.25, -0.2) is 15.0 Å². The van der Waals surface area contributed by atoms with Gasteiger partial charge in [-0.2, -0.15) is 0 Å². The highest BCUT2D eigenvalue weighted by Crippen LogP contribution is 2.32. The van der Waals surface area contributed by atoms with Crippen LogP contribution < -0.4 is 9.64 Å². The van der Waals surface area contributed by atoms with Gasteiger partial charge in [-0.15, -0.1) is 11.3 Å². The van der Waals surface area contributed by atoms with E-state index in [4.69, 9.17) is 4.74 Å². The molecule has 4 heterocycles. The molecule has 124 valence electrons. The van der Waals surface area contributed by atoms with E-state index < -0.39 is 0 Å². The maximum Gasteiger partial charge on any atom is 0.232 e. The summed E-state index contributed by atoms with van der Waals surface area (Å²) in [5.74, 6) is 1.67. The monoisotopic (exact) mass is 341 g/mol. The topological polar surface area (TPSA) is 64.0 Å². The molecule has 24 heavy (non-hydrogen) atoms. The average molecular weight is 341 g/mol. The summed E-state index contributed by atoms with van der Waals surface area (Å²) in [6, 6.07) is 0. The van der Waals surface area contributed by atoms with E-state index in [9.17, 15) is 0 Å². The van der Waals surface area contributed by atoms with Crippen molar-refractivity contribution in [3.63, 3.8) is 0 Å². The standard InChI is InChI=1S/C17H19N5OS/c1-11-9-24-16-15(11)19-10-20-17(16)22-5-3-13(4-6-22)23-14-8-18-7-12(2)21-14/h7-10,13H,3-6H2,1-2H3. The SMILES string of the molecule is Cc1cncc(OC2CCN(c3ncnc4c(C)csc34)CC2)n1. The first-order valence-electron chi connectivity index (χ1n) is 8.10. The van der Waals surface area contributed by atoms with Crippen LogP contribution in [-0.4, -0.2) is 39.1 Å². The van der Waals surface area contributed by atoms with Crippen molar-refractivity contribution in [2.24, 2.45) is 0 Å². The Bertz CT molecular complexity index is 857. The van der Waals surface area contributed by atoms with E-state index in [0.717, 1.165) is 43.0 Å². The van der Waals surface area contributed by atoms with E-state index in [2.05, 4.69) is 37.1 Å². The van der Waals surface area contributed by atoms with E-state index in [0.29, 0.717) is 5.88 Å². The van der Waals surface area contributed by atoms with Crippen molar-refractivity contribution in [1.29, 1.82) is 0 Å². The van der Waals surface area contributed by atoms with Gasteiger partial charge in [-0.3, -0.25) is 4.98 Å². The summed E-state index contributed by atoms with van der Waals surface area (Å²) in [7, 11) is 0. The first-order valence-corrected chi connectivity index (χ1v) is 8.98. The molecule has 3 aromatic heterocycles. The summed E-state index contributed by atoms with van der Waals surface area (Å²) < 4.78 is 7.16. The molecule has 1 aliphatic heterocycles. The van der Waals surface area contributed by atoms with Crippen LogP contribution in [-0.2, 0) is 0 Å².